The molecule has 3 unspecified atom stereocenters. The smallest absolute Gasteiger partial charge is 0.387 e. The number of aromatic nitrogens is 4. The fourth-order valence-corrected chi connectivity index (χ4v) is 8.61. The molecule has 0 aromatic carbocycles. The van der Waals surface area contributed by atoms with Crippen LogP contribution in [0.15, 0.2) is 11.5 Å². The molecule has 44 heavy (non-hydrogen) atoms. The lowest BCUT2D eigenvalue weighted by molar-refractivity contribution is -0.129. The Kier molecular flexibility index (Phi) is 13.3. The van der Waals surface area contributed by atoms with Gasteiger partial charge in [-0.3, -0.25) is 13.7 Å². The van der Waals surface area contributed by atoms with Gasteiger partial charge in [0.1, 0.15) is 18.3 Å². The van der Waals surface area contributed by atoms with Crippen LogP contribution < -0.4 is 5.32 Å². The number of hydrogen-bond donors (Lipinski definition) is 6. The molecule has 0 radical (unpaired) electrons. The highest BCUT2D eigenvalue weighted by atomic mass is 35.5. The second-order valence-electron chi connectivity index (χ2n) is 8.60. The highest BCUT2D eigenvalue weighted by Gasteiger charge is 2.47. The summed E-state index contributed by atoms with van der Waals surface area (Å²) in [4.78, 5) is 41.4. The number of aliphatic hydroxyl groups excluding tert-OH is 2. The lowest BCUT2D eigenvalue weighted by atomic mass is 10.1. The summed E-state index contributed by atoms with van der Waals surface area (Å²) in [5.74, 6) is 0.440. The summed E-state index contributed by atoms with van der Waals surface area (Å²) in [5, 5.41) is 24.1. The monoisotopic (exact) mass is 775 g/mol. The number of nitrogens with one attached hydrogen (secondary N) is 1. The Morgan fingerprint density at radius 3 is 2.41 bits per heavy atom. The number of phosphoric acid groups is 2. The average Bonchev–Trinajstić information content (AvgIpc) is 3.41. The minimum absolute atomic E-state index is 0.00108. The van der Waals surface area contributed by atoms with E-state index >= 15 is 0 Å². The van der Waals surface area contributed by atoms with E-state index in [1.54, 1.807) is 0 Å². The maximum absolute atomic E-state index is 12.7. The maximum Gasteiger partial charge on any atom is 0.488 e. The largest absolute Gasteiger partial charge is 0.488 e. The van der Waals surface area contributed by atoms with Crippen molar-refractivity contribution in [2.75, 3.05) is 36.2 Å². The fraction of sp³-hybridized carbons (Fsp3) is 0.706. The molecule has 252 valence electrons. The molecule has 27 heteroatoms. The summed E-state index contributed by atoms with van der Waals surface area (Å²) in [5.41, 5.74) is 0.152. The van der Waals surface area contributed by atoms with Crippen molar-refractivity contribution in [1.29, 1.82) is 0 Å². The van der Waals surface area contributed by atoms with Crippen molar-refractivity contribution >= 4 is 86.9 Å². The molecule has 0 saturated carbocycles. The number of nitrogens with zero attached hydrogens (tertiary/aromatic N) is 4. The van der Waals surface area contributed by atoms with Crippen molar-refractivity contribution in [3.8, 4) is 0 Å². The third-order valence-corrected chi connectivity index (χ3v) is 12.6. The zero-order valence-corrected chi connectivity index (χ0v) is 27.8. The number of halogens is 5. The van der Waals surface area contributed by atoms with Gasteiger partial charge >= 0.3 is 29.4 Å². The number of hydrogen-bond acceptors (Lipinski definition) is 15. The Morgan fingerprint density at radius 1 is 1.11 bits per heavy atom. The molecule has 0 spiro atoms. The highest BCUT2D eigenvalue weighted by molar-refractivity contribution is 7.99. The van der Waals surface area contributed by atoms with E-state index in [1.165, 1.54) is 11.8 Å². The Morgan fingerprint density at radius 2 is 1.80 bits per heavy atom. The number of alkyl halides is 5. The molecule has 1 saturated heterocycles. The predicted molar refractivity (Wildman–Crippen MR) is 153 cm³/mol. The summed E-state index contributed by atoms with van der Waals surface area (Å²) in [6.07, 6.45) is -9.11. The molecule has 17 nitrogen and oxygen atoms in total. The van der Waals surface area contributed by atoms with Crippen LogP contribution in [0.2, 0.25) is 0 Å². The molecule has 7 atom stereocenters. The third-order valence-electron chi connectivity index (χ3n) is 5.30. The third kappa shape index (κ3) is 10.6. The average molecular weight is 776 g/mol. The van der Waals surface area contributed by atoms with Gasteiger partial charge in [0.15, 0.2) is 28.4 Å². The van der Waals surface area contributed by atoms with Gasteiger partial charge < -0.3 is 34.9 Å². The van der Waals surface area contributed by atoms with Crippen molar-refractivity contribution in [3.63, 3.8) is 0 Å². The van der Waals surface area contributed by atoms with Crippen LogP contribution in [-0.2, 0) is 31.6 Å². The van der Waals surface area contributed by atoms with Crippen LogP contribution in [0.3, 0.4) is 0 Å². The Bertz CT molecular complexity index is 1450. The molecule has 3 rings (SSSR count). The molecule has 0 aliphatic carbocycles. The Labute approximate surface area is 264 Å². The molecule has 2 aromatic rings. The number of anilines is 1. The number of rotatable bonds is 16. The van der Waals surface area contributed by atoms with Gasteiger partial charge in [-0.25, -0.2) is 28.4 Å². The first kappa shape index (κ1) is 38.2. The lowest BCUT2D eigenvalue weighted by Crippen LogP contribution is -2.33. The molecule has 1 aliphatic heterocycles. The number of phosphoric ester groups is 1. The van der Waals surface area contributed by atoms with Gasteiger partial charge in [-0.1, -0.05) is 35.0 Å². The van der Waals surface area contributed by atoms with E-state index in [1.807, 2.05) is 6.26 Å². The van der Waals surface area contributed by atoms with Gasteiger partial charge in [-0.2, -0.15) is 29.2 Å². The SMILES string of the molecule is CSCCNc1nc(SCCC(F)(F)F)nc2c1ncn2[C@@H]1O[C@H](COP(=O)(O)OP(=O)(O)OP(=O)(O)C(Cl)Cl)[C@@H](O)[C@H]1O. The molecule has 1 fully saturated rings. The fourth-order valence-electron chi connectivity index (χ4n) is 3.42. The van der Waals surface area contributed by atoms with Gasteiger partial charge in [-0.15, -0.1) is 0 Å². The molecule has 0 bridgehead atoms. The quantitative estimate of drug-likeness (QED) is 0.0470. The second-order valence-corrected chi connectivity index (χ2v) is 17.4. The van der Waals surface area contributed by atoms with Crippen LogP contribution in [-0.4, -0.2) is 104 Å². The highest BCUT2D eigenvalue weighted by Crippen LogP contribution is 2.69. The summed E-state index contributed by atoms with van der Waals surface area (Å²) in [6, 6.07) is 0. The van der Waals surface area contributed by atoms with E-state index in [0.717, 1.165) is 10.9 Å². The van der Waals surface area contributed by atoms with E-state index in [4.69, 9.17) is 27.9 Å². The maximum atomic E-state index is 12.7. The Balaban J connectivity index is 1.78. The van der Waals surface area contributed by atoms with E-state index in [-0.39, 0.29) is 22.1 Å². The summed E-state index contributed by atoms with van der Waals surface area (Å²) >= 11 is 12.5. The molecule has 0 amide bonds. The first-order chi connectivity index (χ1) is 20.3. The number of imidazole rings is 1. The zero-order chi connectivity index (χ0) is 33.1. The first-order valence-corrected chi connectivity index (χ1v) is 19.7. The Hall–Kier alpha value is -0.250. The van der Waals surface area contributed by atoms with Crippen LogP contribution in [0.1, 0.15) is 12.6 Å². The van der Waals surface area contributed by atoms with Crippen LogP contribution >= 0.6 is 70.0 Å². The van der Waals surface area contributed by atoms with E-state index in [2.05, 4.69) is 33.4 Å². The van der Waals surface area contributed by atoms with E-state index in [0.29, 0.717) is 24.1 Å². The van der Waals surface area contributed by atoms with Gasteiger partial charge in [0, 0.05) is 18.1 Å². The van der Waals surface area contributed by atoms with Crippen LogP contribution in [0.5, 0.6) is 0 Å². The van der Waals surface area contributed by atoms with Crippen LogP contribution in [0, 0.1) is 0 Å². The number of thioether (sulfide) groups is 2. The number of fused-ring (bicyclic) bond motifs is 1. The standard InChI is InChI=1S/C17H25Cl2F3N5O12P3S2/c1-43-5-3-23-12-9-13(26-16(25-12)44-4-2-17(20,21)22)27(7-24-9)14-11(29)10(28)8(37-14)6-36-41(32,33)39-42(34,35)38-40(30,31)15(18)19/h7-8,10-11,14-15,28-29H,2-6H2,1H3,(H,30,31)(H,32,33)(H,34,35)(H,23,25,26)/t8-,10-,11-,14-/m1/s1. The molecule has 3 heterocycles. The summed E-state index contributed by atoms with van der Waals surface area (Å²) in [7, 11) is -16.5. The minimum Gasteiger partial charge on any atom is -0.387 e. The van der Waals surface area contributed by atoms with Crippen LogP contribution in [0.25, 0.3) is 11.2 Å². The zero-order valence-electron chi connectivity index (χ0n) is 21.9. The predicted octanol–water partition coefficient (Wildman–Crippen LogP) is 3.46. The van der Waals surface area contributed by atoms with Crippen molar-refractivity contribution in [2.24, 2.45) is 0 Å². The lowest BCUT2D eigenvalue weighted by Gasteiger charge is -2.20. The van der Waals surface area contributed by atoms with E-state index < -0.39 is 77.3 Å². The number of aliphatic hydroxyl groups is 2. The van der Waals surface area contributed by atoms with Gasteiger partial charge in [0.2, 0.25) is 4.58 Å². The van der Waals surface area contributed by atoms with E-state index in [9.17, 15) is 51.8 Å². The minimum atomic E-state index is -5.77. The molecular formula is C17H25Cl2F3N5O12P3S2. The van der Waals surface area contributed by atoms with Crippen molar-refractivity contribution < 1.29 is 69.6 Å². The topological polar surface area (TPSA) is 245 Å². The molecule has 6 N–H and O–H groups in total. The first-order valence-electron chi connectivity index (χ1n) is 11.8. The molecule has 1 aliphatic rings. The van der Waals surface area contributed by atoms with Crippen LogP contribution in [0.4, 0.5) is 19.0 Å². The van der Waals surface area contributed by atoms with Gasteiger partial charge in [0.25, 0.3) is 0 Å². The van der Waals surface area contributed by atoms with Crippen molar-refractivity contribution in [2.45, 2.75) is 46.9 Å². The van der Waals surface area contributed by atoms with Crippen molar-refractivity contribution in [3.05, 3.63) is 6.33 Å². The molecule has 2 aromatic heterocycles. The number of ether oxygens (including phenoxy) is 1. The second kappa shape index (κ2) is 15.3. The summed E-state index contributed by atoms with van der Waals surface area (Å²) < 4.78 is 90.5. The molecular weight excluding hydrogens is 751 g/mol. The normalized spacial score (nSPS) is 25.2. The summed E-state index contributed by atoms with van der Waals surface area (Å²) in [6.45, 7) is -0.634. The van der Waals surface area contributed by atoms with Crippen molar-refractivity contribution in [1.82, 2.24) is 19.5 Å². The van der Waals surface area contributed by atoms with Gasteiger partial charge in [0.05, 0.1) is 19.4 Å². The van der Waals surface area contributed by atoms with Gasteiger partial charge in [-0.05, 0) is 6.26 Å².